The van der Waals surface area contributed by atoms with E-state index in [0.29, 0.717) is 11.6 Å². The molecule has 3 amide bonds. The summed E-state index contributed by atoms with van der Waals surface area (Å²) in [5.74, 6) is -0.150. The summed E-state index contributed by atoms with van der Waals surface area (Å²) in [4.78, 5) is 28.0. The van der Waals surface area contributed by atoms with Crippen molar-refractivity contribution in [1.29, 1.82) is 0 Å². The Hall–Kier alpha value is -2.53. The number of carbonyl (C=O) groups is 2. The van der Waals surface area contributed by atoms with Gasteiger partial charge in [-0.25, -0.2) is 4.79 Å². The number of urea groups is 1. The maximum Gasteiger partial charge on any atom is 0.316 e. The predicted molar refractivity (Wildman–Crippen MR) is 98.7 cm³/mol. The first-order valence-corrected chi connectivity index (χ1v) is 8.61. The number of hydrogen-bond donors (Lipinski definition) is 1. The minimum atomic E-state index is -0.633. The Morgan fingerprint density at radius 3 is 2.60 bits per heavy atom. The van der Waals surface area contributed by atoms with E-state index in [-0.39, 0.29) is 12.5 Å². The zero-order valence-electron chi connectivity index (χ0n) is 14.0. The molecule has 2 aromatic rings. The van der Waals surface area contributed by atoms with E-state index in [1.54, 1.807) is 11.0 Å². The van der Waals surface area contributed by atoms with Crippen molar-refractivity contribution in [2.45, 2.75) is 19.4 Å². The van der Waals surface area contributed by atoms with Gasteiger partial charge in [-0.1, -0.05) is 48.9 Å². The summed E-state index contributed by atoms with van der Waals surface area (Å²) in [6, 6.07) is 13.9. The SMILES string of the molecule is CCCN1C(=O)CN(C(N)=O)C(c2ccccc2)c2cc(Cl)ccc21. The fourth-order valence-corrected chi connectivity index (χ4v) is 3.46. The van der Waals surface area contributed by atoms with E-state index < -0.39 is 12.1 Å². The number of anilines is 1. The molecule has 2 aromatic carbocycles. The van der Waals surface area contributed by atoms with Crippen LogP contribution in [0.1, 0.15) is 30.5 Å². The largest absolute Gasteiger partial charge is 0.351 e. The number of benzene rings is 2. The van der Waals surface area contributed by atoms with Crippen molar-refractivity contribution in [2.24, 2.45) is 5.73 Å². The fraction of sp³-hybridized carbons (Fsp3) is 0.263. The van der Waals surface area contributed by atoms with Gasteiger partial charge in [0, 0.05) is 22.8 Å². The van der Waals surface area contributed by atoms with Crippen molar-refractivity contribution in [3.05, 3.63) is 64.7 Å². The molecular formula is C19H20ClN3O2. The second kappa shape index (κ2) is 7.15. The average Bonchev–Trinajstić information content (AvgIpc) is 2.71. The van der Waals surface area contributed by atoms with Gasteiger partial charge in [0.25, 0.3) is 0 Å². The fourth-order valence-electron chi connectivity index (χ4n) is 3.28. The van der Waals surface area contributed by atoms with Crippen molar-refractivity contribution < 1.29 is 9.59 Å². The molecule has 0 fully saturated rings. The zero-order chi connectivity index (χ0) is 18.0. The summed E-state index contributed by atoms with van der Waals surface area (Å²) in [5.41, 5.74) is 8.08. The molecule has 0 bridgehead atoms. The lowest BCUT2D eigenvalue weighted by Gasteiger charge is -2.29. The topological polar surface area (TPSA) is 66.6 Å². The lowest BCUT2D eigenvalue weighted by molar-refractivity contribution is -0.119. The number of carbonyl (C=O) groups excluding carboxylic acids is 2. The molecule has 3 rings (SSSR count). The Labute approximate surface area is 152 Å². The van der Waals surface area contributed by atoms with E-state index in [2.05, 4.69) is 0 Å². The molecule has 1 heterocycles. The Morgan fingerprint density at radius 1 is 1.24 bits per heavy atom. The molecule has 0 saturated heterocycles. The third kappa shape index (κ3) is 3.33. The third-order valence-corrected chi connectivity index (χ3v) is 4.57. The molecule has 0 spiro atoms. The van der Waals surface area contributed by atoms with Crippen molar-refractivity contribution in [2.75, 3.05) is 18.0 Å². The van der Waals surface area contributed by atoms with Crippen LogP contribution in [-0.4, -0.2) is 29.9 Å². The summed E-state index contributed by atoms with van der Waals surface area (Å²) >= 11 is 6.23. The smallest absolute Gasteiger partial charge is 0.316 e. The van der Waals surface area contributed by atoms with Crippen LogP contribution in [-0.2, 0) is 4.79 Å². The van der Waals surface area contributed by atoms with E-state index in [1.807, 2.05) is 49.4 Å². The zero-order valence-corrected chi connectivity index (χ0v) is 14.7. The highest BCUT2D eigenvalue weighted by Gasteiger charge is 2.35. The van der Waals surface area contributed by atoms with Gasteiger partial charge in [-0.3, -0.25) is 4.79 Å². The van der Waals surface area contributed by atoms with Gasteiger partial charge in [0.15, 0.2) is 0 Å². The van der Waals surface area contributed by atoms with Crippen LogP contribution in [0.2, 0.25) is 5.02 Å². The van der Waals surface area contributed by atoms with E-state index in [0.717, 1.165) is 23.2 Å². The minimum absolute atomic E-state index is 0.0683. The quantitative estimate of drug-likeness (QED) is 0.912. The molecule has 0 radical (unpaired) electrons. The Kier molecular flexibility index (Phi) is 4.95. The predicted octanol–water partition coefficient (Wildman–Crippen LogP) is 3.57. The van der Waals surface area contributed by atoms with Gasteiger partial charge in [0.1, 0.15) is 6.54 Å². The normalized spacial score (nSPS) is 17.2. The molecule has 2 N–H and O–H groups in total. The Bertz CT molecular complexity index is 795. The first kappa shape index (κ1) is 17.3. The van der Waals surface area contributed by atoms with Crippen LogP contribution in [0.5, 0.6) is 0 Å². The van der Waals surface area contributed by atoms with Crippen molar-refractivity contribution in [3.63, 3.8) is 0 Å². The molecule has 1 aliphatic heterocycles. The first-order valence-electron chi connectivity index (χ1n) is 8.23. The summed E-state index contributed by atoms with van der Waals surface area (Å²) in [5, 5.41) is 0.551. The summed E-state index contributed by atoms with van der Waals surface area (Å²) in [6.45, 7) is 2.51. The second-order valence-electron chi connectivity index (χ2n) is 6.03. The van der Waals surface area contributed by atoms with Gasteiger partial charge in [-0.2, -0.15) is 0 Å². The van der Waals surface area contributed by atoms with Crippen LogP contribution in [0.4, 0.5) is 10.5 Å². The molecule has 5 nitrogen and oxygen atoms in total. The molecule has 1 aliphatic rings. The van der Waals surface area contributed by atoms with Gasteiger partial charge in [0.05, 0.1) is 6.04 Å². The van der Waals surface area contributed by atoms with E-state index in [9.17, 15) is 9.59 Å². The molecule has 6 heteroatoms. The standard InChI is InChI=1S/C19H20ClN3O2/c1-2-10-22-16-9-8-14(20)11-15(16)18(13-6-4-3-5-7-13)23(19(21)25)12-17(22)24/h3-9,11,18H,2,10,12H2,1H3,(H2,21,25). The van der Waals surface area contributed by atoms with Gasteiger partial charge in [0.2, 0.25) is 5.91 Å². The third-order valence-electron chi connectivity index (χ3n) is 4.34. The Morgan fingerprint density at radius 2 is 1.96 bits per heavy atom. The second-order valence-corrected chi connectivity index (χ2v) is 6.46. The summed E-state index contributed by atoms with van der Waals surface area (Å²) in [7, 11) is 0. The molecule has 25 heavy (non-hydrogen) atoms. The number of halogens is 1. The van der Waals surface area contributed by atoms with Crippen LogP contribution in [0.25, 0.3) is 0 Å². The summed E-state index contributed by atoms with van der Waals surface area (Å²) in [6.07, 6.45) is 0.806. The number of fused-ring (bicyclic) bond motifs is 1. The van der Waals surface area contributed by atoms with Crippen LogP contribution in [0.15, 0.2) is 48.5 Å². The van der Waals surface area contributed by atoms with Gasteiger partial charge in [-0.05, 0) is 30.2 Å². The van der Waals surface area contributed by atoms with Crippen molar-refractivity contribution in [3.8, 4) is 0 Å². The molecule has 0 aliphatic carbocycles. The average molecular weight is 358 g/mol. The number of nitrogens with zero attached hydrogens (tertiary/aromatic N) is 2. The van der Waals surface area contributed by atoms with E-state index in [1.165, 1.54) is 4.90 Å². The van der Waals surface area contributed by atoms with Gasteiger partial charge < -0.3 is 15.5 Å². The van der Waals surface area contributed by atoms with Crippen molar-refractivity contribution >= 4 is 29.2 Å². The molecule has 1 atom stereocenters. The molecule has 0 aromatic heterocycles. The number of amides is 3. The van der Waals surface area contributed by atoms with Crippen LogP contribution >= 0.6 is 11.6 Å². The number of hydrogen-bond acceptors (Lipinski definition) is 2. The van der Waals surface area contributed by atoms with Crippen molar-refractivity contribution in [1.82, 2.24) is 4.90 Å². The lowest BCUT2D eigenvalue weighted by Crippen LogP contribution is -2.44. The van der Waals surface area contributed by atoms with Gasteiger partial charge in [-0.15, -0.1) is 0 Å². The highest BCUT2D eigenvalue weighted by molar-refractivity contribution is 6.30. The highest BCUT2D eigenvalue weighted by atomic mass is 35.5. The van der Waals surface area contributed by atoms with Crippen LogP contribution in [0, 0.1) is 0 Å². The van der Waals surface area contributed by atoms with Crippen LogP contribution < -0.4 is 10.6 Å². The molecule has 1 unspecified atom stereocenters. The highest BCUT2D eigenvalue weighted by Crippen LogP contribution is 2.39. The maximum atomic E-state index is 12.8. The number of nitrogens with two attached hydrogens (primary N) is 1. The minimum Gasteiger partial charge on any atom is -0.351 e. The Balaban J connectivity index is 2.25. The summed E-state index contributed by atoms with van der Waals surface area (Å²) < 4.78 is 0. The van der Waals surface area contributed by atoms with Crippen LogP contribution in [0.3, 0.4) is 0 Å². The number of primary amides is 1. The van der Waals surface area contributed by atoms with Gasteiger partial charge >= 0.3 is 6.03 Å². The first-order chi connectivity index (χ1) is 12.0. The number of rotatable bonds is 3. The monoisotopic (exact) mass is 357 g/mol. The lowest BCUT2D eigenvalue weighted by atomic mass is 9.96. The van der Waals surface area contributed by atoms with E-state index in [4.69, 9.17) is 17.3 Å². The van der Waals surface area contributed by atoms with E-state index >= 15 is 0 Å². The molecule has 0 saturated carbocycles. The molecule has 130 valence electrons. The maximum absolute atomic E-state index is 12.8. The molecular weight excluding hydrogens is 338 g/mol.